The summed E-state index contributed by atoms with van der Waals surface area (Å²) in [7, 11) is 3.05. The van der Waals surface area contributed by atoms with Gasteiger partial charge in [0.25, 0.3) is 5.91 Å². The van der Waals surface area contributed by atoms with Gasteiger partial charge in [-0.2, -0.15) is 0 Å². The highest BCUT2D eigenvalue weighted by Gasteiger charge is 2.13. The summed E-state index contributed by atoms with van der Waals surface area (Å²) in [6.07, 6.45) is 0.676. The molecule has 0 saturated heterocycles. The largest absolute Gasteiger partial charge is 0.493 e. The molecule has 0 aliphatic carbocycles. The smallest absolute Gasteiger partial charge is 0.251 e. The van der Waals surface area contributed by atoms with Gasteiger partial charge >= 0.3 is 0 Å². The Kier molecular flexibility index (Phi) is 5.45. The molecule has 0 fully saturated rings. The van der Waals surface area contributed by atoms with E-state index in [9.17, 15) is 4.79 Å². The van der Waals surface area contributed by atoms with Gasteiger partial charge in [-0.25, -0.2) is 0 Å². The lowest BCUT2D eigenvalue weighted by Crippen LogP contribution is -2.36. The van der Waals surface area contributed by atoms with Crippen molar-refractivity contribution in [1.29, 1.82) is 0 Å². The van der Waals surface area contributed by atoms with Crippen molar-refractivity contribution in [2.45, 2.75) is 19.4 Å². The number of benzene rings is 1. The number of aliphatic hydroxyl groups excluding tert-OH is 1. The van der Waals surface area contributed by atoms with Gasteiger partial charge in [0, 0.05) is 5.56 Å². The Balaban J connectivity index is 2.86. The fourth-order valence-corrected chi connectivity index (χ4v) is 1.52. The molecule has 100 valence electrons. The Labute approximate surface area is 107 Å². The van der Waals surface area contributed by atoms with Crippen LogP contribution in [0.2, 0.25) is 0 Å². The van der Waals surface area contributed by atoms with Crippen molar-refractivity contribution in [3.05, 3.63) is 23.8 Å². The first-order valence-corrected chi connectivity index (χ1v) is 5.80. The van der Waals surface area contributed by atoms with E-state index in [1.807, 2.05) is 6.92 Å². The van der Waals surface area contributed by atoms with Crippen LogP contribution >= 0.6 is 0 Å². The molecule has 1 amide bonds. The third-order valence-corrected chi connectivity index (χ3v) is 2.69. The zero-order valence-corrected chi connectivity index (χ0v) is 10.9. The van der Waals surface area contributed by atoms with Crippen molar-refractivity contribution < 1.29 is 19.4 Å². The molecule has 0 heterocycles. The zero-order chi connectivity index (χ0) is 13.5. The lowest BCUT2D eigenvalue weighted by atomic mass is 10.1. The standard InChI is InChI=1S/C13H19NO4/c1-4-10(8-15)14-13(16)9-5-6-11(17-2)12(7-9)18-3/h5-7,10,15H,4,8H2,1-3H3,(H,14,16)/t10-/m1/s1. The van der Waals surface area contributed by atoms with Crippen LogP contribution in [0.4, 0.5) is 0 Å². The van der Waals surface area contributed by atoms with Crippen molar-refractivity contribution >= 4 is 5.91 Å². The van der Waals surface area contributed by atoms with Crippen LogP contribution in [-0.4, -0.2) is 37.9 Å². The fraction of sp³-hybridized carbons (Fsp3) is 0.462. The van der Waals surface area contributed by atoms with E-state index < -0.39 is 0 Å². The highest BCUT2D eigenvalue weighted by molar-refractivity contribution is 5.95. The van der Waals surface area contributed by atoms with Crippen molar-refractivity contribution in [1.82, 2.24) is 5.32 Å². The molecule has 5 nitrogen and oxygen atoms in total. The van der Waals surface area contributed by atoms with Crippen molar-refractivity contribution in [3.8, 4) is 11.5 Å². The second-order valence-corrected chi connectivity index (χ2v) is 3.83. The number of methoxy groups -OCH3 is 2. The van der Waals surface area contributed by atoms with E-state index in [1.54, 1.807) is 18.2 Å². The summed E-state index contributed by atoms with van der Waals surface area (Å²) in [4.78, 5) is 11.9. The average molecular weight is 253 g/mol. The first kappa shape index (κ1) is 14.3. The van der Waals surface area contributed by atoms with Gasteiger partial charge in [-0.05, 0) is 24.6 Å². The molecule has 2 N–H and O–H groups in total. The topological polar surface area (TPSA) is 67.8 Å². The normalized spacial score (nSPS) is 11.8. The highest BCUT2D eigenvalue weighted by atomic mass is 16.5. The van der Waals surface area contributed by atoms with Crippen molar-refractivity contribution in [2.24, 2.45) is 0 Å². The number of carbonyl (C=O) groups is 1. The predicted octanol–water partition coefficient (Wildman–Crippen LogP) is 1.20. The van der Waals surface area contributed by atoms with Crippen molar-refractivity contribution in [2.75, 3.05) is 20.8 Å². The van der Waals surface area contributed by atoms with Crippen LogP contribution in [0, 0.1) is 0 Å². The van der Waals surface area contributed by atoms with E-state index in [-0.39, 0.29) is 18.6 Å². The maximum absolute atomic E-state index is 11.9. The van der Waals surface area contributed by atoms with Crippen LogP contribution in [0.1, 0.15) is 23.7 Å². The summed E-state index contributed by atoms with van der Waals surface area (Å²) >= 11 is 0. The molecule has 1 aromatic rings. The van der Waals surface area contributed by atoms with Gasteiger partial charge in [-0.1, -0.05) is 6.92 Å². The minimum absolute atomic E-state index is 0.0739. The van der Waals surface area contributed by atoms with Crippen LogP contribution in [0.5, 0.6) is 11.5 Å². The van der Waals surface area contributed by atoms with E-state index in [1.165, 1.54) is 14.2 Å². The highest BCUT2D eigenvalue weighted by Crippen LogP contribution is 2.27. The first-order valence-electron chi connectivity index (χ1n) is 5.80. The Hall–Kier alpha value is -1.75. The summed E-state index contributed by atoms with van der Waals surface area (Å²) in [5, 5.41) is 11.8. The molecule has 1 atom stereocenters. The van der Waals surface area contributed by atoms with E-state index in [0.717, 1.165) is 0 Å². The number of amides is 1. The number of ether oxygens (including phenoxy) is 2. The van der Waals surface area contributed by atoms with Gasteiger partial charge in [-0.15, -0.1) is 0 Å². The third-order valence-electron chi connectivity index (χ3n) is 2.69. The molecule has 1 rings (SSSR count). The predicted molar refractivity (Wildman–Crippen MR) is 68.2 cm³/mol. The Morgan fingerprint density at radius 2 is 2.00 bits per heavy atom. The van der Waals surface area contributed by atoms with E-state index >= 15 is 0 Å². The molecule has 1 aromatic carbocycles. The van der Waals surface area contributed by atoms with E-state index in [0.29, 0.717) is 23.5 Å². The summed E-state index contributed by atoms with van der Waals surface area (Å²) in [6, 6.07) is 4.71. The molecule has 0 aliphatic heterocycles. The quantitative estimate of drug-likeness (QED) is 0.799. The van der Waals surface area contributed by atoms with E-state index in [4.69, 9.17) is 14.6 Å². The van der Waals surface area contributed by atoms with Gasteiger partial charge in [0.1, 0.15) is 0 Å². The minimum atomic E-state index is -0.239. The summed E-state index contributed by atoms with van der Waals surface area (Å²) in [5.74, 6) is 0.835. The SMILES string of the molecule is CC[C@H](CO)NC(=O)c1ccc(OC)c(OC)c1. The molecular formula is C13H19NO4. The number of carbonyl (C=O) groups excluding carboxylic acids is 1. The molecule has 18 heavy (non-hydrogen) atoms. The van der Waals surface area contributed by atoms with Crippen LogP contribution in [0.25, 0.3) is 0 Å². The summed E-state index contributed by atoms with van der Waals surface area (Å²) in [5.41, 5.74) is 0.472. The summed E-state index contributed by atoms with van der Waals surface area (Å²) < 4.78 is 10.2. The van der Waals surface area contributed by atoms with Gasteiger partial charge in [-0.3, -0.25) is 4.79 Å². The zero-order valence-electron chi connectivity index (χ0n) is 10.9. The van der Waals surface area contributed by atoms with Crippen LogP contribution in [-0.2, 0) is 0 Å². The third kappa shape index (κ3) is 3.37. The minimum Gasteiger partial charge on any atom is -0.493 e. The molecule has 0 aromatic heterocycles. The van der Waals surface area contributed by atoms with Crippen molar-refractivity contribution in [3.63, 3.8) is 0 Å². The number of hydrogen-bond donors (Lipinski definition) is 2. The van der Waals surface area contributed by atoms with Gasteiger partial charge in [0.2, 0.25) is 0 Å². The maximum atomic E-state index is 11.9. The van der Waals surface area contributed by atoms with Gasteiger partial charge in [0.15, 0.2) is 11.5 Å². The van der Waals surface area contributed by atoms with Crippen LogP contribution in [0.15, 0.2) is 18.2 Å². The van der Waals surface area contributed by atoms with Crippen LogP contribution in [0.3, 0.4) is 0 Å². The first-order chi connectivity index (χ1) is 8.65. The summed E-state index contributed by atoms with van der Waals surface area (Å²) in [6.45, 7) is 1.82. The van der Waals surface area contributed by atoms with E-state index in [2.05, 4.69) is 5.32 Å². The number of aliphatic hydroxyl groups is 1. The monoisotopic (exact) mass is 253 g/mol. The number of hydrogen-bond acceptors (Lipinski definition) is 4. The molecule has 0 bridgehead atoms. The molecule has 0 unspecified atom stereocenters. The van der Waals surface area contributed by atoms with Gasteiger partial charge < -0.3 is 19.9 Å². The Morgan fingerprint density at radius 1 is 1.33 bits per heavy atom. The molecule has 0 aliphatic rings. The second kappa shape index (κ2) is 6.86. The molecule has 0 saturated carbocycles. The van der Waals surface area contributed by atoms with Crippen LogP contribution < -0.4 is 14.8 Å². The lowest BCUT2D eigenvalue weighted by molar-refractivity contribution is 0.0914. The maximum Gasteiger partial charge on any atom is 0.251 e. The van der Waals surface area contributed by atoms with Gasteiger partial charge in [0.05, 0.1) is 26.9 Å². The molecule has 5 heteroatoms. The molecule has 0 radical (unpaired) electrons. The second-order valence-electron chi connectivity index (χ2n) is 3.83. The Morgan fingerprint density at radius 3 is 2.50 bits per heavy atom. The lowest BCUT2D eigenvalue weighted by Gasteiger charge is -2.15. The number of rotatable bonds is 6. The average Bonchev–Trinajstić information content (AvgIpc) is 2.43. The fourth-order valence-electron chi connectivity index (χ4n) is 1.52. The Bertz CT molecular complexity index is 402. The molecular weight excluding hydrogens is 234 g/mol. The number of nitrogens with one attached hydrogen (secondary N) is 1. The molecule has 0 spiro atoms.